The van der Waals surface area contributed by atoms with Gasteiger partial charge in [-0.15, -0.1) is 0 Å². The summed E-state index contributed by atoms with van der Waals surface area (Å²) in [6.07, 6.45) is -0.363. The topological polar surface area (TPSA) is 41.6 Å². The third-order valence-corrected chi connectivity index (χ3v) is 3.16. The molecule has 1 saturated heterocycles. The lowest BCUT2D eigenvalue weighted by Crippen LogP contribution is -2.60. The van der Waals surface area contributed by atoms with Crippen molar-refractivity contribution >= 4 is 6.09 Å². The molecule has 1 amide bonds. The second-order valence-corrected chi connectivity index (χ2v) is 6.16. The van der Waals surface area contributed by atoms with Crippen LogP contribution >= 0.6 is 0 Å². The highest BCUT2D eigenvalue weighted by Gasteiger charge is 2.33. The van der Waals surface area contributed by atoms with Crippen LogP contribution in [0.3, 0.4) is 0 Å². The van der Waals surface area contributed by atoms with Crippen LogP contribution in [0.15, 0.2) is 18.2 Å². The van der Waals surface area contributed by atoms with Crippen molar-refractivity contribution in [3.05, 3.63) is 35.4 Å². The summed E-state index contributed by atoms with van der Waals surface area (Å²) < 4.78 is 32.1. The summed E-state index contributed by atoms with van der Waals surface area (Å²) >= 11 is 0. The Morgan fingerprint density at radius 3 is 2.43 bits per heavy atom. The number of nitrogens with zero attached hydrogens (tertiary/aromatic N) is 1. The molecular formula is C15H20F2N2O2. The molecular weight excluding hydrogens is 278 g/mol. The SMILES string of the molecule is CC(C)(C)OC(=O)N1CC(NCc2c(F)cccc2F)C1. The minimum atomic E-state index is -0.564. The van der Waals surface area contributed by atoms with Gasteiger partial charge in [0.2, 0.25) is 0 Å². The Morgan fingerprint density at radius 1 is 1.33 bits per heavy atom. The fourth-order valence-corrected chi connectivity index (χ4v) is 2.03. The number of nitrogens with one attached hydrogen (secondary N) is 1. The Balaban J connectivity index is 1.77. The fraction of sp³-hybridized carbons (Fsp3) is 0.533. The van der Waals surface area contributed by atoms with Crippen LogP contribution in [0.5, 0.6) is 0 Å². The number of amides is 1. The van der Waals surface area contributed by atoms with Gasteiger partial charge < -0.3 is 15.0 Å². The Bertz CT molecular complexity index is 503. The third-order valence-electron chi connectivity index (χ3n) is 3.16. The monoisotopic (exact) mass is 298 g/mol. The molecule has 0 unspecified atom stereocenters. The van der Waals surface area contributed by atoms with Crippen LogP contribution < -0.4 is 5.32 Å². The highest BCUT2D eigenvalue weighted by atomic mass is 19.1. The van der Waals surface area contributed by atoms with Crippen LogP contribution in [-0.2, 0) is 11.3 Å². The van der Waals surface area contributed by atoms with E-state index in [9.17, 15) is 13.6 Å². The van der Waals surface area contributed by atoms with Crippen molar-refractivity contribution in [3.8, 4) is 0 Å². The van der Waals surface area contributed by atoms with Gasteiger partial charge in [0.1, 0.15) is 17.2 Å². The standard InChI is InChI=1S/C15H20F2N2O2/c1-15(2,3)21-14(20)19-8-10(9-19)18-7-11-12(16)5-4-6-13(11)17/h4-6,10,18H,7-9H2,1-3H3. The van der Waals surface area contributed by atoms with Crippen molar-refractivity contribution in [2.45, 2.75) is 39.0 Å². The number of hydrogen-bond acceptors (Lipinski definition) is 3. The number of hydrogen-bond donors (Lipinski definition) is 1. The van der Waals surface area contributed by atoms with E-state index in [1.165, 1.54) is 18.2 Å². The van der Waals surface area contributed by atoms with E-state index in [4.69, 9.17) is 4.74 Å². The van der Waals surface area contributed by atoms with Gasteiger partial charge in [0.15, 0.2) is 0 Å². The van der Waals surface area contributed by atoms with E-state index in [0.29, 0.717) is 13.1 Å². The average molecular weight is 298 g/mol. The van der Waals surface area contributed by atoms with Crippen molar-refractivity contribution < 1.29 is 18.3 Å². The molecule has 0 bridgehead atoms. The summed E-state index contributed by atoms with van der Waals surface area (Å²) in [6.45, 7) is 6.48. The molecule has 0 spiro atoms. The summed E-state index contributed by atoms with van der Waals surface area (Å²) in [6, 6.07) is 3.82. The maximum Gasteiger partial charge on any atom is 0.410 e. The van der Waals surface area contributed by atoms with Gasteiger partial charge in [0.25, 0.3) is 0 Å². The third kappa shape index (κ3) is 4.14. The van der Waals surface area contributed by atoms with Crippen LogP contribution in [0.1, 0.15) is 26.3 Å². The Kier molecular flexibility index (Phi) is 4.46. The summed E-state index contributed by atoms with van der Waals surface area (Å²) in [7, 11) is 0. The molecule has 2 rings (SSSR count). The second-order valence-electron chi connectivity index (χ2n) is 6.16. The van der Waals surface area contributed by atoms with Crippen LogP contribution in [0, 0.1) is 11.6 Å². The lowest BCUT2D eigenvalue weighted by molar-refractivity contribution is 0.00512. The minimum absolute atomic E-state index is 0.0215. The van der Waals surface area contributed by atoms with Crippen molar-refractivity contribution in [2.75, 3.05) is 13.1 Å². The van der Waals surface area contributed by atoms with Gasteiger partial charge in [-0.2, -0.15) is 0 Å². The number of carbonyl (C=O) groups excluding carboxylic acids is 1. The van der Waals surface area contributed by atoms with E-state index in [2.05, 4.69) is 5.32 Å². The normalized spacial score (nSPS) is 15.8. The summed E-state index contributed by atoms with van der Waals surface area (Å²) in [5.74, 6) is -1.13. The zero-order chi connectivity index (χ0) is 15.6. The molecule has 1 aromatic rings. The predicted octanol–water partition coefficient (Wildman–Crippen LogP) is 2.67. The molecule has 0 aliphatic carbocycles. The molecule has 1 fully saturated rings. The van der Waals surface area contributed by atoms with Gasteiger partial charge in [0.05, 0.1) is 0 Å². The molecule has 116 valence electrons. The molecule has 21 heavy (non-hydrogen) atoms. The number of ether oxygens (including phenoxy) is 1. The molecule has 0 saturated carbocycles. The Labute approximate surface area is 123 Å². The van der Waals surface area contributed by atoms with E-state index in [0.717, 1.165) is 0 Å². The molecule has 1 heterocycles. The second kappa shape index (κ2) is 5.97. The smallest absolute Gasteiger partial charge is 0.410 e. The van der Waals surface area contributed by atoms with E-state index in [-0.39, 0.29) is 24.2 Å². The first-order chi connectivity index (χ1) is 9.76. The van der Waals surface area contributed by atoms with E-state index in [1.807, 2.05) is 0 Å². The van der Waals surface area contributed by atoms with Crippen molar-refractivity contribution in [1.29, 1.82) is 0 Å². The quantitative estimate of drug-likeness (QED) is 0.933. The van der Waals surface area contributed by atoms with E-state index in [1.54, 1.807) is 25.7 Å². The molecule has 1 N–H and O–H groups in total. The number of benzene rings is 1. The zero-order valence-electron chi connectivity index (χ0n) is 12.5. The van der Waals surface area contributed by atoms with Crippen molar-refractivity contribution in [1.82, 2.24) is 10.2 Å². The lowest BCUT2D eigenvalue weighted by atomic mass is 10.1. The van der Waals surface area contributed by atoms with Crippen LogP contribution in [0.25, 0.3) is 0 Å². The molecule has 6 heteroatoms. The van der Waals surface area contributed by atoms with Crippen LogP contribution in [0.2, 0.25) is 0 Å². The van der Waals surface area contributed by atoms with Gasteiger partial charge in [-0.25, -0.2) is 13.6 Å². The maximum absolute atomic E-state index is 13.4. The first-order valence-corrected chi connectivity index (χ1v) is 6.90. The first-order valence-electron chi connectivity index (χ1n) is 6.90. The van der Waals surface area contributed by atoms with Gasteiger partial charge in [-0.1, -0.05) is 6.07 Å². The van der Waals surface area contributed by atoms with Gasteiger partial charge in [-0.3, -0.25) is 0 Å². The van der Waals surface area contributed by atoms with E-state index < -0.39 is 17.2 Å². The number of halogens is 2. The highest BCUT2D eigenvalue weighted by Crippen LogP contribution is 2.17. The van der Waals surface area contributed by atoms with Gasteiger partial charge in [0, 0.05) is 31.2 Å². The first kappa shape index (κ1) is 15.7. The highest BCUT2D eigenvalue weighted by molar-refractivity contribution is 5.69. The molecule has 1 aromatic carbocycles. The summed E-state index contributed by atoms with van der Waals surface area (Å²) in [4.78, 5) is 13.3. The largest absolute Gasteiger partial charge is 0.444 e. The van der Waals surface area contributed by atoms with Crippen molar-refractivity contribution in [2.24, 2.45) is 0 Å². The Morgan fingerprint density at radius 2 is 1.90 bits per heavy atom. The van der Waals surface area contributed by atoms with Crippen LogP contribution in [-0.4, -0.2) is 35.7 Å². The van der Waals surface area contributed by atoms with Gasteiger partial charge >= 0.3 is 6.09 Å². The minimum Gasteiger partial charge on any atom is -0.444 e. The van der Waals surface area contributed by atoms with Gasteiger partial charge in [-0.05, 0) is 32.9 Å². The lowest BCUT2D eigenvalue weighted by Gasteiger charge is -2.40. The molecule has 1 aliphatic heterocycles. The summed E-state index contributed by atoms with van der Waals surface area (Å²) in [5.41, 5.74) is -0.500. The maximum atomic E-state index is 13.4. The molecule has 0 atom stereocenters. The van der Waals surface area contributed by atoms with Crippen molar-refractivity contribution in [3.63, 3.8) is 0 Å². The van der Waals surface area contributed by atoms with Crippen LogP contribution in [0.4, 0.5) is 13.6 Å². The molecule has 0 aromatic heterocycles. The fourth-order valence-electron chi connectivity index (χ4n) is 2.03. The van der Waals surface area contributed by atoms with E-state index >= 15 is 0 Å². The Hall–Kier alpha value is -1.69. The molecule has 0 radical (unpaired) electrons. The molecule has 1 aliphatic rings. The number of rotatable bonds is 3. The molecule has 4 nitrogen and oxygen atoms in total. The average Bonchev–Trinajstić information content (AvgIpc) is 2.27. The zero-order valence-corrected chi connectivity index (χ0v) is 12.5. The number of likely N-dealkylation sites (tertiary alicyclic amines) is 1. The number of carbonyl (C=O) groups is 1. The summed E-state index contributed by atoms with van der Waals surface area (Å²) in [5, 5.41) is 3.04. The predicted molar refractivity (Wildman–Crippen MR) is 74.8 cm³/mol.